The molecule has 3 rings (SSSR count). The summed E-state index contributed by atoms with van der Waals surface area (Å²) in [5.41, 5.74) is 8.06. The van der Waals surface area contributed by atoms with Gasteiger partial charge >= 0.3 is 0 Å². The Kier molecular flexibility index (Phi) is 3.61. The molecule has 0 amide bonds. The second-order valence-electron chi connectivity index (χ2n) is 5.29. The highest BCUT2D eigenvalue weighted by molar-refractivity contribution is 5.44. The van der Waals surface area contributed by atoms with Gasteiger partial charge in [-0.2, -0.15) is 0 Å². The van der Waals surface area contributed by atoms with Crippen LogP contribution in [0, 0.1) is 6.92 Å². The van der Waals surface area contributed by atoms with Crippen molar-refractivity contribution in [2.45, 2.75) is 19.4 Å². The molecular weight excluding hydrogens is 250 g/mol. The van der Waals surface area contributed by atoms with E-state index in [9.17, 15) is 0 Å². The van der Waals surface area contributed by atoms with Gasteiger partial charge in [0.2, 0.25) is 0 Å². The van der Waals surface area contributed by atoms with Gasteiger partial charge in [0, 0.05) is 12.0 Å². The molecule has 1 atom stereocenters. The van der Waals surface area contributed by atoms with Crippen LogP contribution in [0.4, 0.5) is 0 Å². The second-order valence-corrected chi connectivity index (χ2v) is 5.29. The molecule has 3 N–H and O–H groups in total. The predicted octanol–water partition coefficient (Wildman–Crippen LogP) is 2.29. The Labute approximate surface area is 119 Å². The van der Waals surface area contributed by atoms with Crippen molar-refractivity contribution >= 4 is 0 Å². The highest BCUT2D eigenvalue weighted by Crippen LogP contribution is 2.32. The van der Waals surface area contributed by atoms with Gasteiger partial charge < -0.3 is 15.2 Å². The van der Waals surface area contributed by atoms with Crippen molar-refractivity contribution in [3.05, 3.63) is 59.2 Å². The van der Waals surface area contributed by atoms with Gasteiger partial charge in [-0.1, -0.05) is 29.8 Å². The molecule has 0 aliphatic carbocycles. The van der Waals surface area contributed by atoms with Gasteiger partial charge in [0.05, 0.1) is 0 Å². The molecule has 0 spiro atoms. The predicted molar refractivity (Wildman–Crippen MR) is 77.9 cm³/mol. The molecule has 3 nitrogen and oxygen atoms in total. The van der Waals surface area contributed by atoms with Crippen LogP contribution < -0.4 is 15.2 Å². The Morgan fingerprint density at radius 2 is 1.70 bits per heavy atom. The van der Waals surface area contributed by atoms with Gasteiger partial charge in [0.1, 0.15) is 19.3 Å². The van der Waals surface area contributed by atoms with Crippen molar-refractivity contribution in [3.63, 3.8) is 0 Å². The molecule has 0 aromatic heterocycles. The van der Waals surface area contributed by atoms with Crippen molar-refractivity contribution in [1.29, 1.82) is 0 Å². The fraction of sp³-hybridized carbons (Fsp3) is 0.294. The average molecular weight is 270 g/mol. The first kappa shape index (κ1) is 13.0. The number of benzene rings is 2. The molecule has 0 radical (unpaired) electrons. The molecule has 3 heteroatoms. The van der Waals surface area contributed by atoms with E-state index < -0.39 is 0 Å². The van der Waals surface area contributed by atoms with Crippen LogP contribution in [0.15, 0.2) is 42.5 Å². The van der Waals surface area contributed by atoms with Crippen LogP contribution in [0.1, 0.15) is 22.7 Å². The first-order valence-corrected chi connectivity index (χ1v) is 7.00. The summed E-state index contributed by atoms with van der Waals surface area (Å²) in [5, 5.41) is 0. The Morgan fingerprint density at radius 1 is 1.00 bits per heavy atom. The minimum absolute atomic E-state index is 0.216. The van der Waals surface area contributed by atoms with Crippen molar-refractivity contribution in [2.75, 3.05) is 13.2 Å². The number of fused-ring (bicyclic) bond motifs is 1. The summed E-state index contributed by atoms with van der Waals surface area (Å²) in [5.74, 6) is 1.67. The Morgan fingerprint density at radius 3 is 2.45 bits per heavy atom. The molecule has 0 fully saturated rings. The zero-order valence-corrected chi connectivity index (χ0v) is 11.8. The summed E-state index contributed by atoms with van der Waals surface area (Å²) in [4.78, 5) is 0. The van der Waals surface area contributed by atoms with Crippen LogP contribution in [0.2, 0.25) is 0 Å². The fourth-order valence-electron chi connectivity index (χ4n) is 2.44. The SMILES string of the molecule is Cc1ccc(C[C@@H]([NH3+])c2ccc3c(c2)OCCO3)cc1. The Bertz CT molecular complexity index is 592. The summed E-state index contributed by atoms with van der Waals surface area (Å²) in [6.45, 7) is 3.35. The molecular formula is C17H20NO2+. The molecule has 0 unspecified atom stereocenters. The van der Waals surface area contributed by atoms with Gasteiger partial charge in [-0.3, -0.25) is 0 Å². The smallest absolute Gasteiger partial charge is 0.161 e. The van der Waals surface area contributed by atoms with Crippen molar-refractivity contribution in [3.8, 4) is 11.5 Å². The van der Waals surface area contributed by atoms with Crippen LogP contribution in [0.25, 0.3) is 0 Å². The lowest BCUT2D eigenvalue weighted by molar-refractivity contribution is -0.426. The van der Waals surface area contributed by atoms with Crippen LogP contribution >= 0.6 is 0 Å². The first-order valence-electron chi connectivity index (χ1n) is 7.00. The lowest BCUT2D eigenvalue weighted by Gasteiger charge is -2.19. The number of aryl methyl sites for hydroxylation is 1. The molecule has 0 saturated carbocycles. The maximum atomic E-state index is 5.63. The normalized spacial score (nSPS) is 14.9. The van der Waals surface area contributed by atoms with Gasteiger partial charge in [-0.25, -0.2) is 0 Å². The molecule has 1 aliphatic rings. The van der Waals surface area contributed by atoms with E-state index >= 15 is 0 Å². The summed E-state index contributed by atoms with van der Waals surface area (Å²) in [6.07, 6.45) is 0.930. The number of hydrogen-bond acceptors (Lipinski definition) is 2. The number of quaternary nitrogens is 1. The zero-order chi connectivity index (χ0) is 13.9. The molecule has 2 aromatic rings. The van der Waals surface area contributed by atoms with Crippen LogP contribution in [-0.4, -0.2) is 13.2 Å². The quantitative estimate of drug-likeness (QED) is 0.930. The van der Waals surface area contributed by atoms with E-state index in [2.05, 4.69) is 49.1 Å². The molecule has 0 saturated heterocycles. The zero-order valence-electron chi connectivity index (χ0n) is 11.8. The monoisotopic (exact) mass is 270 g/mol. The molecule has 1 aliphatic heterocycles. The standard InChI is InChI=1S/C17H19NO2/c1-12-2-4-13(5-3-12)10-15(18)14-6-7-16-17(11-14)20-9-8-19-16/h2-7,11,15H,8-10,18H2,1H3/p+1/t15-/m1/s1. The summed E-state index contributed by atoms with van der Waals surface area (Å²) >= 11 is 0. The first-order chi connectivity index (χ1) is 9.72. The molecule has 1 heterocycles. The minimum Gasteiger partial charge on any atom is -0.486 e. The molecule has 2 aromatic carbocycles. The lowest BCUT2D eigenvalue weighted by atomic mass is 9.98. The van der Waals surface area contributed by atoms with E-state index in [0.29, 0.717) is 13.2 Å². The van der Waals surface area contributed by atoms with Gasteiger partial charge in [0.15, 0.2) is 11.5 Å². The lowest BCUT2D eigenvalue weighted by Crippen LogP contribution is -2.54. The average Bonchev–Trinajstić information content (AvgIpc) is 2.49. The maximum Gasteiger partial charge on any atom is 0.161 e. The van der Waals surface area contributed by atoms with Crippen LogP contribution in [0.5, 0.6) is 11.5 Å². The summed E-state index contributed by atoms with van der Waals surface area (Å²) < 4.78 is 11.2. The van der Waals surface area contributed by atoms with E-state index in [1.807, 2.05) is 6.07 Å². The molecule has 0 bridgehead atoms. The second kappa shape index (κ2) is 5.55. The fourth-order valence-corrected chi connectivity index (χ4v) is 2.44. The molecule has 104 valence electrons. The van der Waals surface area contributed by atoms with Crippen LogP contribution in [0.3, 0.4) is 0 Å². The highest BCUT2D eigenvalue weighted by Gasteiger charge is 2.16. The Balaban J connectivity index is 1.76. The third-order valence-electron chi connectivity index (χ3n) is 3.64. The number of hydrogen-bond donors (Lipinski definition) is 1. The Hall–Kier alpha value is -2.00. The summed E-state index contributed by atoms with van der Waals surface area (Å²) in [6, 6.07) is 15.0. The van der Waals surface area contributed by atoms with Crippen molar-refractivity contribution in [1.82, 2.24) is 0 Å². The third kappa shape index (κ3) is 2.78. The number of ether oxygens (including phenoxy) is 2. The molecule has 20 heavy (non-hydrogen) atoms. The van der Waals surface area contributed by atoms with E-state index in [1.54, 1.807) is 0 Å². The third-order valence-corrected chi connectivity index (χ3v) is 3.64. The van der Waals surface area contributed by atoms with E-state index in [1.165, 1.54) is 16.7 Å². The van der Waals surface area contributed by atoms with Crippen molar-refractivity contribution < 1.29 is 15.2 Å². The largest absolute Gasteiger partial charge is 0.486 e. The summed E-state index contributed by atoms with van der Waals surface area (Å²) in [7, 11) is 0. The number of rotatable bonds is 3. The van der Waals surface area contributed by atoms with E-state index in [-0.39, 0.29) is 6.04 Å². The maximum absolute atomic E-state index is 5.63. The topological polar surface area (TPSA) is 46.1 Å². The van der Waals surface area contributed by atoms with Crippen molar-refractivity contribution in [2.24, 2.45) is 0 Å². The minimum atomic E-state index is 0.216. The van der Waals surface area contributed by atoms with E-state index in [4.69, 9.17) is 9.47 Å². The van der Waals surface area contributed by atoms with Gasteiger partial charge in [0.25, 0.3) is 0 Å². The van der Waals surface area contributed by atoms with Crippen LogP contribution in [-0.2, 0) is 6.42 Å². The van der Waals surface area contributed by atoms with E-state index in [0.717, 1.165) is 17.9 Å². The van der Waals surface area contributed by atoms with Gasteiger partial charge in [-0.05, 0) is 30.7 Å². The van der Waals surface area contributed by atoms with Gasteiger partial charge in [-0.15, -0.1) is 0 Å². The highest BCUT2D eigenvalue weighted by atomic mass is 16.6.